The van der Waals surface area contributed by atoms with E-state index >= 15 is 0 Å². The summed E-state index contributed by atoms with van der Waals surface area (Å²) in [4.78, 5) is 16.5. The number of carbonyl (C=O) groups is 1. The smallest absolute Gasteiger partial charge is 0.255 e. The van der Waals surface area contributed by atoms with Crippen molar-refractivity contribution in [2.24, 2.45) is 0 Å². The second kappa shape index (κ2) is 8.49. The van der Waals surface area contributed by atoms with Crippen molar-refractivity contribution in [2.45, 2.75) is 31.1 Å². The van der Waals surface area contributed by atoms with Crippen molar-refractivity contribution in [3.8, 4) is 5.75 Å². The molecule has 144 valence electrons. The minimum Gasteiger partial charge on any atom is -0.492 e. The molecule has 0 aliphatic carbocycles. The van der Waals surface area contributed by atoms with Crippen molar-refractivity contribution >= 4 is 21.6 Å². The summed E-state index contributed by atoms with van der Waals surface area (Å²) < 4.78 is 32.9. The minimum absolute atomic E-state index is 0.151. The van der Waals surface area contributed by atoms with Crippen molar-refractivity contribution in [3.05, 3.63) is 48.3 Å². The number of pyridine rings is 1. The Hall–Kier alpha value is -2.45. The van der Waals surface area contributed by atoms with Crippen LogP contribution in [0.3, 0.4) is 0 Å². The summed E-state index contributed by atoms with van der Waals surface area (Å²) in [5.74, 6) is 0.0726. The van der Waals surface area contributed by atoms with Crippen molar-refractivity contribution in [1.29, 1.82) is 0 Å². The lowest BCUT2D eigenvalue weighted by molar-refractivity contribution is 0.102. The van der Waals surface area contributed by atoms with E-state index in [0.29, 0.717) is 36.7 Å². The van der Waals surface area contributed by atoms with Gasteiger partial charge in [-0.1, -0.05) is 6.42 Å². The zero-order valence-electron chi connectivity index (χ0n) is 15.2. The van der Waals surface area contributed by atoms with Crippen LogP contribution in [0.25, 0.3) is 0 Å². The number of carbonyl (C=O) groups excluding carboxylic acids is 1. The van der Waals surface area contributed by atoms with Crippen LogP contribution >= 0.6 is 0 Å². The molecule has 0 radical (unpaired) electrons. The molecule has 1 aliphatic heterocycles. The van der Waals surface area contributed by atoms with Gasteiger partial charge < -0.3 is 10.1 Å². The van der Waals surface area contributed by atoms with Gasteiger partial charge >= 0.3 is 0 Å². The maximum Gasteiger partial charge on any atom is 0.255 e. The first-order chi connectivity index (χ1) is 13.0. The fourth-order valence-electron chi connectivity index (χ4n) is 3.00. The number of piperidine rings is 1. The topological polar surface area (TPSA) is 88.6 Å². The number of nitrogens with zero attached hydrogens (tertiary/aromatic N) is 2. The Kier molecular flexibility index (Phi) is 6.08. The van der Waals surface area contributed by atoms with Gasteiger partial charge in [0.1, 0.15) is 5.75 Å². The molecule has 0 bridgehead atoms. The van der Waals surface area contributed by atoms with Crippen molar-refractivity contribution in [3.63, 3.8) is 0 Å². The molecule has 0 unspecified atom stereocenters. The van der Waals surface area contributed by atoms with Gasteiger partial charge in [-0.15, -0.1) is 0 Å². The molecular formula is C19H23N3O4S. The first-order valence-corrected chi connectivity index (χ1v) is 10.4. The fraction of sp³-hybridized carbons (Fsp3) is 0.368. The number of anilines is 1. The van der Waals surface area contributed by atoms with Gasteiger partial charge in [0.15, 0.2) is 0 Å². The predicted octanol–water partition coefficient (Wildman–Crippen LogP) is 2.91. The molecular weight excluding hydrogens is 366 g/mol. The summed E-state index contributed by atoms with van der Waals surface area (Å²) in [5.41, 5.74) is 0.758. The van der Waals surface area contributed by atoms with Crippen LogP contribution in [0.5, 0.6) is 5.75 Å². The van der Waals surface area contributed by atoms with Crippen LogP contribution in [0.2, 0.25) is 0 Å². The van der Waals surface area contributed by atoms with E-state index in [1.54, 1.807) is 18.2 Å². The normalized spacial score (nSPS) is 15.3. The van der Waals surface area contributed by atoms with E-state index in [9.17, 15) is 13.2 Å². The Morgan fingerprint density at radius 2 is 1.85 bits per heavy atom. The zero-order valence-corrected chi connectivity index (χ0v) is 16.0. The van der Waals surface area contributed by atoms with Gasteiger partial charge in [0.2, 0.25) is 10.0 Å². The van der Waals surface area contributed by atoms with E-state index in [1.165, 1.54) is 28.8 Å². The molecule has 2 heterocycles. The van der Waals surface area contributed by atoms with Crippen LogP contribution < -0.4 is 10.1 Å². The van der Waals surface area contributed by atoms with Gasteiger partial charge in [-0.3, -0.25) is 9.78 Å². The Morgan fingerprint density at radius 1 is 1.15 bits per heavy atom. The van der Waals surface area contributed by atoms with E-state index in [2.05, 4.69) is 10.3 Å². The molecule has 7 nitrogen and oxygen atoms in total. The fourth-order valence-corrected chi connectivity index (χ4v) is 4.54. The molecule has 1 fully saturated rings. The monoisotopic (exact) mass is 389 g/mol. The second-order valence-corrected chi connectivity index (χ2v) is 8.18. The summed E-state index contributed by atoms with van der Waals surface area (Å²) in [5, 5.41) is 2.75. The highest BCUT2D eigenvalue weighted by atomic mass is 32.2. The molecule has 1 aliphatic rings. The Balaban J connectivity index is 1.91. The lowest BCUT2D eigenvalue weighted by Gasteiger charge is -2.26. The molecule has 0 spiro atoms. The van der Waals surface area contributed by atoms with Crippen molar-refractivity contribution in [2.75, 3.05) is 25.0 Å². The Labute approximate surface area is 159 Å². The minimum atomic E-state index is -3.60. The first kappa shape index (κ1) is 19.3. The summed E-state index contributed by atoms with van der Waals surface area (Å²) >= 11 is 0. The summed E-state index contributed by atoms with van der Waals surface area (Å²) in [7, 11) is -3.60. The number of hydrogen-bond donors (Lipinski definition) is 1. The number of hydrogen-bond acceptors (Lipinski definition) is 5. The van der Waals surface area contributed by atoms with Gasteiger partial charge in [0.05, 0.1) is 17.2 Å². The van der Waals surface area contributed by atoms with E-state index in [1.807, 2.05) is 6.92 Å². The van der Waals surface area contributed by atoms with E-state index in [-0.39, 0.29) is 10.8 Å². The molecule has 8 heteroatoms. The van der Waals surface area contributed by atoms with Crippen LogP contribution in [0, 0.1) is 0 Å². The highest BCUT2D eigenvalue weighted by Crippen LogP contribution is 2.30. The molecule has 1 saturated heterocycles. The van der Waals surface area contributed by atoms with Gasteiger partial charge in [0.25, 0.3) is 5.91 Å². The van der Waals surface area contributed by atoms with E-state index in [4.69, 9.17) is 4.74 Å². The standard InChI is InChI=1S/C19H23N3O4S/c1-2-26-18-7-6-16(27(24,25)22-12-4-3-5-13-22)14-17(18)21-19(23)15-8-10-20-11-9-15/h6-11,14H,2-5,12-13H2,1H3,(H,21,23). The SMILES string of the molecule is CCOc1ccc(S(=O)(=O)N2CCCCC2)cc1NC(=O)c1ccncc1. The number of nitrogens with one attached hydrogen (secondary N) is 1. The lowest BCUT2D eigenvalue weighted by atomic mass is 10.2. The maximum absolute atomic E-state index is 12.9. The highest BCUT2D eigenvalue weighted by Gasteiger charge is 2.27. The molecule has 2 aromatic rings. The molecule has 1 aromatic heterocycles. The van der Waals surface area contributed by atoms with Crippen LogP contribution in [-0.2, 0) is 10.0 Å². The van der Waals surface area contributed by atoms with Crippen molar-refractivity contribution in [1.82, 2.24) is 9.29 Å². The quantitative estimate of drug-likeness (QED) is 0.821. The third-order valence-corrected chi connectivity index (χ3v) is 6.29. The molecule has 0 atom stereocenters. The van der Waals surface area contributed by atoms with E-state index in [0.717, 1.165) is 19.3 Å². The van der Waals surface area contributed by atoms with Crippen molar-refractivity contribution < 1.29 is 17.9 Å². The summed E-state index contributed by atoms with van der Waals surface area (Å²) in [6, 6.07) is 7.75. The average Bonchev–Trinajstić information content (AvgIpc) is 2.70. The first-order valence-electron chi connectivity index (χ1n) is 9.00. The van der Waals surface area contributed by atoms with Crippen LogP contribution in [0.1, 0.15) is 36.5 Å². The number of aromatic nitrogens is 1. The van der Waals surface area contributed by atoms with Crippen LogP contribution in [-0.4, -0.2) is 43.3 Å². The number of benzene rings is 1. The third-order valence-electron chi connectivity index (χ3n) is 4.39. The number of rotatable bonds is 6. The zero-order chi connectivity index (χ0) is 19.3. The second-order valence-electron chi connectivity index (χ2n) is 6.25. The molecule has 0 saturated carbocycles. The maximum atomic E-state index is 12.9. The largest absolute Gasteiger partial charge is 0.492 e. The van der Waals surface area contributed by atoms with Gasteiger partial charge in [-0.05, 0) is 50.1 Å². The number of sulfonamides is 1. The molecule has 27 heavy (non-hydrogen) atoms. The third kappa shape index (κ3) is 4.45. The molecule has 3 rings (SSSR count). The van der Waals surface area contributed by atoms with Gasteiger partial charge in [-0.25, -0.2) is 8.42 Å². The van der Waals surface area contributed by atoms with E-state index < -0.39 is 10.0 Å². The highest BCUT2D eigenvalue weighted by molar-refractivity contribution is 7.89. The van der Waals surface area contributed by atoms with Crippen LogP contribution in [0.4, 0.5) is 5.69 Å². The molecule has 1 aromatic carbocycles. The number of amides is 1. The predicted molar refractivity (Wildman–Crippen MR) is 102 cm³/mol. The number of ether oxygens (including phenoxy) is 1. The lowest BCUT2D eigenvalue weighted by Crippen LogP contribution is -2.35. The van der Waals surface area contributed by atoms with Gasteiger partial charge in [-0.2, -0.15) is 4.31 Å². The molecule has 1 amide bonds. The van der Waals surface area contributed by atoms with Crippen LogP contribution in [0.15, 0.2) is 47.6 Å². The summed E-state index contributed by atoms with van der Waals surface area (Å²) in [6.07, 6.45) is 5.82. The average molecular weight is 389 g/mol. The molecule has 1 N–H and O–H groups in total. The Morgan fingerprint density at radius 3 is 2.52 bits per heavy atom. The Bertz CT molecular complexity index is 894. The summed E-state index contributed by atoms with van der Waals surface area (Å²) in [6.45, 7) is 3.27. The van der Waals surface area contributed by atoms with Gasteiger partial charge in [0, 0.05) is 31.0 Å².